The van der Waals surface area contributed by atoms with E-state index in [2.05, 4.69) is 80.7 Å². The Morgan fingerprint density at radius 3 is 1.43 bits per heavy atom. The van der Waals surface area contributed by atoms with Gasteiger partial charge in [-0.15, -0.1) is 0 Å². The van der Waals surface area contributed by atoms with Gasteiger partial charge < -0.3 is 33.3 Å². The van der Waals surface area contributed by atoms with Crippen molar-refractivity contribution in [2.24, 2.45) is 0 Å². The Labute approximate surface area is 385 Å². The molecule has 0 saturated carbocycles. The minimum Gasteiger partial charge on any atom is -0.545 e. The Morgan fingerprint density at radius 1 is 0.508 bits per heavy atom. The molecule has 2 unspecified atom stereocenters. The number of ether oxygens (including phenoxy) is 4. The third-order valence-corrected chi connectivity index (χ3v) is 10.2. The molecule has 9 heteroatoms. The molecule has 360 valence electrons. The maximum Gasteiger partial charge on any atom is 0.310 e. The van der Waals surface area contributed by atoms with Crippen LogP contribution in [0, 0.1) is 0 Å². The summed E-state index contributed by atoms with van der Waals surface area (Å²) in [7, 11) is 5.87. The van der Waals surface area contributed by atoms with Gasteiger partial charge in [-0.05, 0) is 70.6 Å². The molecule has 0 aromatic rings. The van der Waals surface area contributed by atoms with Crippen molar-refractivity contribution < 1.29 is 42.9 Å². The number of aliphatic carboxylic acids is 1. The molecule has 0 aromatic heterocycles. The van der Waals surface area contributed by atoms with Crippen molar-refractivity contribution in [2.45, 2.75) is 193 Å². The van der Waals surface area contributed by atoms with Crippen molar-refractivity contribution in [3.63, 3.8) is 0 Å². The van der Waals surface area contributed by atoms with Gasteiger partial charge in [0, 0.05) is 6.42 Å². The van der Waals surface area contributed by atoms with Crippen LogP contribution in [-0.2, 0) is 33.3 Å². The van der Waals surface area contributed by atoms with Crippen molar-refractivity contribution in [3.8, 4) is 0 Å². The average molecular weight is 882 g/mol. The minimum absolute atomic E-state index is 0.0114. The first kappa shape index (κ1) is 59.5. The summed E-state index contributed by atoms with van der Waals surface area (Å²) in [6, 6.07) is 0. The van der Waals surface area contributed by atoms with E-state index in [1.807, 2.05) is 33.3 Å². The summed E-state index contributed by atoms with van der Waals surface area (Å²) in [5.41, 5.74) is 0. The molecule has 0 rings (SSSR count). The van der Waals surface area contributed by atoms with Crippen LogP contribution in [0.15, 0.2) is 85.1 Å². The molecule has 9 nitrogen and oxygen atoms in total. The lowest BCUT2D eigenvalue weighted by Gasteiger charge is -2.26. The highest BCUT2D eigenvalue weighted by Crippen LogP contribution is 2.14. The Bertz CT molecular complexity index is 1300. The zero-order valence-electron chi connectivity index (χ0n) is 40.7. The Morgan fingerprint density at radius 2 is 0.952 bits per heavy atom. The standard InChI is InChI=1S/C54H91NO8/c1-6-8-10-12-14-16-18-20-22-23-24-25-26-27-28-29-31-32-34-36-38-40-42-44-51(56)61-48-50(49-62-54(53(58)59)60-47-46-55(3,4)5)63-52(57)45-43-41-39-37-35-33-30-21-19-17-15-13-11-9-7-2/h9,11,15,17-18,20-21,23-24,30,35,37,41,43,50,54H,6-8,10,12-14,16,19,22,25-29,31-34,36,38-40,42,44-49H2,1-5H3/b11-9-,17-15-,20-18-,24-23-,30-21-,37-35-,43-41-. The van der Waals surface area contributed by atoms with E-state index >= 15 is 0 Å². The fourth-order valence-corrected chi connectivity index (χ4v) is 6.35. The van der Waals surface area contributed by atoms with Crippen molar-refractivity contribution >= 4 is 17.9 Å². The van der Waals surface area contributed by atoms with E-state index in [0.717, 1.165) is 57.8 Å². The number of esters is 2. The number of allylic oxidation sites excluding steroid dienone is 13. The maximum absolute atomic E-state index is 12.7. The van der Waals surface area contributed by atoms with Crippen LogP contribution in [0.3, 0.4) is 0 Å². The molecule has 0 radical (unpaired) electrons. The number of carboxylic acids is 1. The monoisotopic (exact) mass is 882 g/mol. The zero-order chi connectivity index (χ0) is 46.3. The molecule has 0 aliphatic carbocycles. The highest BCUT2D eigenvalue weighted by atomic mass is 16.7. The van der Waals surface area contributed by atoms with Crippen LogP contribution in [0.5, 0.6) is 0 Å². The number of carbonyl (C=O) groups is 3. The molecule has 0 aliphatic rings. The lowest BCUT2D eigenvalue weighted by molar-refractivity contribution is -0.870. The lowest BCUT2D eigenvalue weighted by atomic mass is 10.0. The van der Waals surface area contributed by atoms with Crippen LogP contribution in [0.1, 0.15) is 181 Å². The number of unbranched alkanes of at least 4 members (excludes halogenated alkanes) is 16. The number of hydrogen-bond donors (Lipinski definition) is 0. The molecule has 2 atom stereocenters. The van der Waals surface area contributed by atoms with E-state index in [0.29, 0.717) is 17.4 Å². The molecule has 0 spiro atoms. The Balaban J connectivity index is 4.42. The van der Waals surface area contributed by atoms with Crippen molar-refractivity contribution in [2.75, 3.05) is 47.5 Å². The second-order valence-corrected chi connectivity index (χ2v) is 17.4. The highest BCUT2D eigenvalue weighted by molar-refractivity contribution is 5.71. The first-order chi connectivity index (χ1) is 30.6. The van der Waals surface area contributed by atoms with Gasteiger partial charge >= 0.3 is 11.9 Å². The normalized spacial score (nSPS) is 13.6. The van der Waals surface area contributed by atoms with E-state index in [9.17, 15) is 19.5 Å². The second-order valence-electron chi connectivity index (χ2n) is 17.4. The fourth-order valence-electron chi connectivity index (χ4n) is 6.35. The van der Waals surface area contributed by atoms with Crippen LogP contribution in [0.2, 0.25) is 0 Å². The third-order valence-electron chi connectivity index (χ3n) is 10.2. The molecule has 0 N–H and O–H groups in total. The van der Waals surface area contributed by atoms with E-state index in [-0.39, 0.29) is 38.6 Å². The predicted octanol–water partition coefficient (Wildman–Crippen LogP) is 12.3. The summed E-state index contributed by atoms with van der Waals surface area (Å²) in [6.07, 6.45) is 55.1. The number of nitrogens with zero attached hydrogens (tertiary/aromatic N) is 1. The van der Waals surface area contributed by atoms with Crippen LogP contribution < -0.4 is 5.11 Å². The topological polar surface area (TPSA) is 111 Å². The lowest BCUT2D eigenvalue weighted by Crippen LogP contribution is -2.44. The number of carboxylic acid groups (broad SMARTS) is 1. The van der Waals surface area contributed by atoms with Crippen molar-refractivity contribution in [3.05, 3.63) is 85.1 Å². The summed E-state index contributed by atoms with van der Waals surface area (Å²) >= 11 is 0. The summed E-state index contributed by atoms with van der Waals surface area (Å²) in [5, 5.41) is 11.7. The van der Waals surface area contributed by atoms with Gasteiger partial charge in [0.05, 0.1) is 46.7 Å². The van der Waals surface area contributed by atoms with Crippen LogP contribution >= 0.6 is 0 Å². The number of quaternary nitrogens is 1. The fraction of sp³-hybridized carbons (Fsp3) is 0.685. The van der Waals surface area contributed by atoms with Gasteiger partial charge in [0.15, 0.2) is 12.4 Å². The molecule has 0 saturated heterocycles. The largest absolute Gasteiger partial charge is 0.545 e. The summed E-state index contributed by atoms with van der Waals surface area (Å²) in [4.78, 5) is 37.0. The first-order valence-electron chi connectivity index (χ1n) is 24.7. The third kappa shape index (κ3) is 46.3. The van der Waals surface area contributed by atoms with Crippen LogP contribution in [0.4, 0.5) is 0 Å². The molecule has 0 aromatic carbocycles. The van der Waals surface area contributed by atoms with Gasteiger partial charge in [0.25, 0.3) is 0 Å². The van der Waals surface area contributed by atoms with Gasteiger partial charge in [0.2, 0.25) is 0 Å². The van der Waals surface area contributed by atoms with Gasteiger partial charge in [-0.25, -0.2) is 0 Å². The number of rotatable bonds is 44. The first-order valence-corrected chi connectivity index (χ1v) is 24.7. The smallest absolute Gasteiger partial charge is 0.310 e. The highest BCUT2D eigenvalue weighted by Gasteiger charge is 2.21. The molecule has 0 bridgehead atoms. The Hall–Kier alpha value is -3.53. The SMILES string of the molecule is CC/C=C\C/C=C\C/C=C\C/C=C\C/C=C\CC(=O)OC(COC(=O)CCCCCCCCCCCCC/C=C\C/C=C\CCCCCCC)COC(OCC[N+](C)(C)C)C(=O)[O-]. The number of hydrogen-bond acceptors (Lipinski definition) is 8. The second kappa shape index (κ2) is 45.1. The van der Waals surface area contributed by atoms with Gasteiger partial charge in [-0.2, -0.15) is 0 Å². The van der Waals surface area contributed by atoms with Gasteiger partial charge in [0.1, 0.15) is 13.2 Å². The maximum atomic E-state index is 12.7. The molecular formula is C54H91NO8. The summed E-state index contributed by atoms with van der Waals surface area (Å²) < 4.78 is 22.4. The zero-order valence-corrected chi connectivity index (χ0v) is 40.7. The van der Waals surface area contributed by atoms with E-state index in [1.54, 1.807) is 6.08 Å². The minimum atomic E-state index is -1.65. The van der Waals surface area contributed by atoms with Gasteiger partial charge in [-0.1, -0.05) is 182 Å². The summed E-state index contributed by atoms with van der Waals surface area (Å²) in [6.45, 7) is 4.49. The van der Waals surface area contributed by atoms with Crippen LogP contribution in [0.25, 0.3) is 0 Å². The molecule has 0 aliphatic heterocycles. The number of likely N-dealkylation sites (N-methyl/N-ethyl adjacent to an activating group) is 1. The van der Waals surface area contributed by atoms with Crippen molar-refractivity contribution in [1.82, 2.24) is 0 Å². The van der Waals surface area contributed by atoms with E-state index < -0.39 is 24.3 Å². The molecule has 0 amide bonds. The summed E-state index contributed by atoms with van der Waals surface area (Å²) in [5.74, 6) is -2.46. The Kier molecular flexibility index (Phi) is 42.5. The molecule has 0 heterocycles. The predicted molar refractivity (Wildman–Crippen MR) is 260 cm³/mol. The molecular weight excluding hydrogens is 791 g/mol. The molecule has 63 heavy (non-hydrogen) atoms. The van der Waals surface area contributed by atoms with E-state index in [4.69, 9.17) is 18.9 Å². The molecule has 0 fully saturated rings. The van der Waals surface area contributed by atoms with E-state index in [1.165, 1.54) is 89.9 Å². The van der Waals surface area contributed by atoms with Crippen molar-refractivity contribution in [1.29, 1.82) is 0 Å². The average Bonchev–Trinajstić information content (AvgIpc) is 3.24. The van der Waals surface area contributed by atoms with Crippen LogP contribution in [-0.4, -0.2) is 82.3 Å². The van der Waals surface area contributed by atoms with Gasteiger partial charge in [-0.3, -0.25) is 9.59 Å². The quantitative estimate of drug-likeness (QED) is 0.0196. The number of carbonyl (C=O) groups excluding carboxylic acids is 3.